The molecule has 2 aromatic rings. The molecule has 0 spiro atoms. The molecular weight excluding hydrogens is 382 g/mol. The van der Waals surface area contributed by atoms with Crippen molar-refractivity contribution in [2.45, 2.75) is 25.8 Å². The van der Waals surface area contributed by atoms with E-state index in [1.807, 2.05) is 30.3 Å². The van der Waals surface area contributed by atoms with Crippen LogP contribution in [0.1, 0.15) is 36.3 Å². The predicted molar refractivity (Wildman–Crippen MR) is 107 cm³/mol. The lowest BCUT2D eigenvalue weighted by Crippen LogP contribution is -2.27. The summed E-state index contributed by atoms with van der Waals surface area (Å²) in [6, 6.07) is 9.60. The average molecular weight is 399 g/mol. The Morgan fingerprint density at radius 2 is 2.07 bits per heavy atom. The number of nitrogens with zero attached hydrogens (tertiary/aromatic N) is 1. The fourth-order valence-electron chi connectivity index (χ4n) is 3.35. The van der Waals surface area contributed by atoms with Crippen molar-refractivity contribution in [1.29, 1.82) is 0 Å². The van der Waals surface area contributed by atoms with Crippen molar-refractivity contribution < 1.29 is 18.7 Å². The Morgan fingerprint density at radius 1 is 1.26 bits per heavy atom. The van der Waals surface area contributed by atoms with Gasteiger partial charge in [0, 0.05) is 12.0 Å². The van der Waals surface area contributed by atoms with Gasteiger partial charge < -0.3 is 13.9 Å². The van der Waals surface area contributed by atoms with E-state index in [0.717, 1.165) is 17.1 Å². The third kappa shape index (κ3) is 3.15. The Hall–Kier alpha value is -2.25. The van der Waals surface area contributed by atoms with Crippen LogP contribution in [0.15, 0.2) is 39.7 Å². The summed E-state index contributed by atoms with van der Waals surface area (Å²) in [4.78, 5) is 15.0. The molecule has 1 aromatic carbocycles. The van der Waals surface area contributed by atoms with Crippen molar-refractivity contribution in [3.05, 3.63) is 52.3 Å². The van der Waals surface area contributed by atoms with Crippen molar-refractivity contribution in [3.8, 4) is 11.5 Å². The lowest BCUT2D eigenvalue weighted by atomic mass is 10.2. The van der Waals surface area contributed by atoms with E-state index in [1.54, 1.807) is 11.0 Å². The molecule has 1 saturated heterocycles. The third-order valence-corrected chi connectivity index (χ3v) is 6.42. The number of fused-ring (bicyclic) bond motifs is 1. The van der Waals surface area contributed by atoms with Crippen molar-refractivity contribution in [3.63, 3.8) is 0 Å². The molecule has 3 heterocycles. The van der Waals surface area contributed by atoms with Crippen LogP contribution in [0.5, 0.6) is 11.5 Å². The Kier molecular flexibility index (Phi) is 4.02. The van der Waals surface area contributed by atoms with Gasteiger partial charge in [0.2, 0.25) is 6.79 Å². The average Bonchev–Trinajstić information content (AvgIpc) is 3.03. The summed E-state index contributed by atoms with van der Waals surface area (Å²) < 4.78 is 17.2. The van der Waals surface area contributed by atoms with E-state index in [2.05, 4.69) is 6.92 Å². The molecule has 2 fully saturated rings. The lowest BCUT2D eigenvalue weighted by molar-refractivity contribution is -0.122. The van der Waals surface area contributed by atoms with Gasteiger partial charge in [-0.3, -0.25) is 9.69 Å². The molecule has 0 bridgehead atoms. The van der Waals surface area contributed by atoms with Crippen LogP contribution in [-0.2, 0) is 11.3 Å². The quantitative estimate of drug-likeness (QED) is 0.556. The first-order valence-corrected chi connectivity index (χ1v) is 10.0. The summed E-state index contributed by atoms with van der Waals surface area (Å²) in [6.07, 6.45) is 2.96. The van der Waals surface area contributed by atoms with Crippen LogP contribution in [0, 0.1) is 5.92 Å². The molecular formula is C20H17NO4S2. The highest BCUT2D eigenvalue weighted by atomic mass is 32.2. The maximum atomic E-state index is 12.8. The number of carbonyl (C=O) groups excluding carboxylic acids is 1. The Bertz CT molecular complexity index is 980. The standard InChI is InChI=1S/C20H17NO4S2/c1-11-6-14(11)15-5-3-13(25-15)8-18-19(22)21(20(26)27-18)9-12-2-4-16-17(7-12)24-10-23-16/h2-5,7-8,11,14H,6,9-10H2,1H3/b18-8-/t11-,14+/m1/s1. The van der Waals surface area contributed by atoms with Gasteiger partial charge >= 0.3 is 0 Å². The number of hydrogen-bond donors (Lipinski definition) is 0. The highest BCUT2D eigenvalue weighted by Gasteiger charge is 2.37. The van der Waals surface area contributed by atoms with Crippen LogP contribution in [-0.4, -0.2) is 21.9 Å². The van der Waals surface area contributed by atoms with Gasteiger partial charge in [-0.1, -0.05) is 37.0 Å². The molecule has 1 saturated carbocycles. The van der Waals surface area contributed by atoms with E-state index in [0.29, 0.717) is 39.1 Å². The largest absolute Gasteiger partial charge is 0.461 e. The Balaban J connectivity index is 1.33. The van der Waals surface area contributed by atoms with Gasteiger partial charge in [0.1, 0.15) is 15.8 Å². The second kappa shape index (κ2) is 6.42. The maximum Gasteiger partial charge on any atom is 0.266 e. The number of benzene rings is 1. The molecule has 0 unspecified atom stereocenters. The van der Waals surface area contributed by atoms with Gasteiger partial charge in [-0.25, -0.2) is 0 Å². The lowest BCUT2D eigenvalue weighted by Gasteiger charge is -2.14. The summed E-state index contributed by atoms with van der Waals surface area (Å²) in [5.74, 6) is 4.24. The van der Waals surface area contributed by atoms with Gasteiger partial charge in [0.05, 0.1) is 11.4 Å². The molecule has 2 atom stereocenters. The maximum absolute atomic E-state index is 12.8. The normalized spacial score (nSPS) is 24.9. The molecule has 1 aromatic heterocycles. The zero-order valence-electron chi connectivity index (χ0n) is 14.6. The number of thioether (sulfide) groups is 1. The van der Waals surface area contributed by atoms with E-state index in [9.17, 15) is 4.79 Å². The Labute approximate surface area is 166 Å². The molecule has 5 nitrogen and oxygen atoms in total. The zero-order chi connectivity index (χ0) is 18.5. The van der Waals surface area contributed by atoms with Crippen LogP contribution in [0.2, 0.25) is 0 Å². The topological polar surface area (TPSA) is 51.9 Å². The minimum absolute atomic E-state index is 0.0968. The zero-order valence-corrected chi connectivity index (χ0v) is 16.3. The molecule has 0 radical (unpaired) electrons. The number of thiocarbonyl (C=S) groups is 1. The van der Waals surface area contributed by atoms with Gasteiger partial charge in [-0.05, 0) is 42.2 Å². The van der Waals surface area contributed by atoms with Crippen LogP contribution >= 0.6 is 24.0 Å². The van der Waals surface area contributed by atoms with Gasteiger partial charge in [-0.2, -0.15) is 0 Å². The molecule has 138 valence electrons. The molecule has 27 heavy (non-hydrogen) atoms. The fraction of sp³-hybridized carbons (Fsp3) is 0.300. The minimum Gasteiger partial charge on any atom is -0.461 e. The summed E-state index contributed by atoms with van der Waals surface area (Å²) in [6.45, 7) is 2.85. The van der Waals surface area contributed by atoms with Gasteiger partial charge in [0.15, 0.2) is 11.5 Å². The molecule has 0 N–H and O–H groups in total. The van der Waals surface area contributed by atoms with Crippen molar-refractivity contribution in [2.24, 2.45) is 5.92 Å². The van der Waals surface area contributed by atoms with Gasteiger partial charge in [-0.15, -0.1) is 0 Å². The third-order valence-electron chi connectivity index (χ3n) is 5.05. The van der Waals surface area contributed by atoms with Crippen molar-refractivity contribution in [1.82, 2.24) is 4.90 Å². The van der Waals surface area contributed by atoms with Crippen LogP contribution in [0.3, 0.4) is 0 Å². The molecule has 2 aliphatic heterocycles. The van der Waals surface area contributed by atoms with Gasteiger partial charge in [0.25, 0.3) is 5.91 Å². The number of ether oxygens (including phenoxy) is 2. The van der Waals surface area contributed by atoms with Crippen LogP contribution in [0.25, 0.3) is 6.08 Å². The summed E-state index contributed by atoms with van der Waals surface area (Å²) in [5.41, 5.74) is 0.944. The number of rotatable bonds is 4. The first-order chi connectivity index (χ1) is 13.1. The highest BCUT2D eigenvalue weighted by Crippen LogP contribution is 2.47. The molecule has 7 heteroatoms. The number of amides is 1. The first kappa shape index (κ1) is 16.9. The SMILES string of the molecule is C[C@@H]1C[C@@H]1c1ccc(/C=C2\SC(=S)N(Cc3ccc4c(c3)OCO4)C2=O)o1. The predicted octanol–water partition coefficient (Wildman–Crippen LogP) is 4.53. The Morgan fingerprint density at radius 3 is 2.89 bits per heavy atom. The number of hydrogen-bond acceptors (Lipinski definition) is 6. The number of furan rings is 1. The molecule has 5 rings (SSSR count). The van der Waals surface area contributed by atoms with E-state index in [4.69, 9.17) is 26.1 Å². The van der Waals surface area contributed by atoms with E-state index >= 15 is 0 Å². The smallest absolute Gasteiger partial charge is 0.266 e. The molecule has 3 aliphatic rings. The second-order valence-corrected chi connectivity index (χ2v) is 8.69. The monoisotopic (exact) mass is 399 g/mol. The van der Waals surface area contributed by atoms with Crippen LogP contribution in [0.4, 0.5) is 0 Å². The molecule has 1 amide bonds. The second-order valence-electron chi connectivity index (χ2n) is 7.02. The van der Waals surface area contributed by atoms with E-state index in [1.165, 1.54) is 18.2 Å². The van der Waals surface area contributed by atoms with Crippen molar-refractivity contribution >= 4 is 40.3 Å². The number of carbonyl (C=O) groups is 1. The minimum atomic E-state index is -0.0968. The first-order valence-electron chi connectivity index (χ1n) is 8.82. The fourth-order valence-corrected chi connectivity index (χ4v) is 4.59. The van der Waals surface area contributed by atoms with E-state index in [-0.39, 0.29) is 12.7 Å². The summed E-state index contributed by atoms with van der Waals surface area (Å²) >= 11 is 6.73. The molecule has 1 aliphatic carbocycles. The van der Waals surface area contributed by atoms with Crippen LogP contribution < -0.4 is 9.47 Å². The van der Waals surface area contributed by atoms with Crippen molar-refractivity contribution in [2.75, 3.05) is 6.79 Å². The highest BCUT2D eigenvalue weighted by molar-refractivity contribution is 8.26. The summed E-state index contributed by atoms with van der Waals surface area (Å²) in [7, 11) is 0. The summed E-state index contributed by atoms with van der Waals surface area (Å²) in [5, 5.41) is 0. The van der Waals surface area contributed by atoms with E-state index < -0.39 is 0 Å².